The minimum atomic E-state index is -0.216. The highest BCUT2D eigenvalue weighted by molar-refractivity contribution is 6.10. The van der Waals surface area contributed by atoms with Crippen LogP contribution in [-0.4, -0.2) is 39.7 Å². The van der Waals surface area contributed by atoms with Gasteiger partial charge in [-0.25, -0.2) is 9.97 Å². The number of nitrogens with one attached hydrogen (secondary N) is 1. The molecule has 2 heterocycles. The molecule has 7 nitrogen and oxygen atoms in total. The third-order valence-electron chi connectivity index (χ3n) is 4.61. The summed E-state index contributed by atoms with van der Waals surface area (Å²) in [5, 5.41) is 2.94. The zero-order valence-corrected chi connectivity index (χ0v) is 16.9. The number of nitrogen functional groups attached to an aromatic ring is 1. The number of hydrogen-bond donors (Lipinski definition) is 2. The second-order valence-electron chi connectivity index (χ2n) is 7.18. The molecule has 0 aliphatic rings. The Bertz CT molecular complexity index is 964. The first-order valence-corrected chi connectivity index (χ1v) is 9.97. The Morgan fingerprint density at radius 2 is 1.93 bits per heavy atom. The molecule has 0 aliphatic heterocycles. The van der Waals surface area contributed by atoms with Crippen molar-refractivity contribution in [2.24, 2.45) is 0 Å². The molecule has 3 N–H and O–H groups in total. The van der Waals surface area contributed by atoms with Crippen LogP contribution in [0, 0.1) is 0 Å². The van der Waals surface area contributed by atoms with Crippen molar-refractivity contribution in [3.63, 3.8) is 0 Å². The molecular formula is C21H29N5O2. The van der Waals surface area contributed by atoms with Gasteiger partial charge in [-0.2, -0.15) is 0 Å². The average molecular weight is 383 g/mol. The lowest BCUT2D eigenvalue weighted by molar-refractivity contribution is 0.0757. The first-order valence-electron chi connectivity index (χ1n) is 9.97. The standard InChI is InChI=1S/C21H29N5O2/c1-4-5-12-26-19(22)17(21(27)23-11-8-13-28-14(2)3)18-20(26)25-16-10-7-6-9-15(16)24-18/h6-7,9-10,14H,4-5,8,11-13,22H2,1-3H3,(H,23,27). The molecule has 3 rings (SSSR count). The molecule has 150 valence electrons. The molecule has 1 amide bonds. The quantitative estimate of drug-likeness (QED) is 0.551. The molecule has 0 saturated heterocycles. The van der Waals surface area contributed by atoms with Gasteiger partial charge < -0.3 is 20.4 Å². The number of unbranched alkanes of at least 4 members (excludes halogenated alkanes) is 1. The van der Waals surface area contributed by atoms with Crippen molar-refractivity contribution in [1.29, 1.82) is 0 Å². The summed E-state index contributed by atoms with van der Waals surface area (Å²) in [6, 6.07) is 7.66. The van der Waals surface area contributed by atoms with Gasteiger partial charge in [-0.3, -0.25) is 4.79 Å². The molecule has 0 spiro atoms. The van der Waals surface area contributed by atoms with Crippen molar-refractivity contribution < 1.29 is 9.53 Å². The molecule has 0 bridgehead atoms. The van der Waals surface area contributed by atoms with E-state index in [0.717, 1.165) is 30.3 Å². The van der Waals surface area contributed by atoms with Crippen molar-refractivity contribution in [2.45, 2.75) is 52.7 Å². The third kappa shape index (κ3) is 4.25. The van der Waals surface area contributed by atoms with E-state index in [2.05, 4.69) is 12.2 Å². The number of hydrogen-bond acceptors (Lipinski definition) is 5. The van der Waals surface area contributed by atoms with E-state index in [1.165, 1.54) is 0 Å². The zero-order valence-electron chi connectivity index (χ0n) is 16.9. The lowest BCUT2D eigenvalue weighted by Crippen LogP contribution is -2.26. The van der Waals surface area contributed by atoms with Gasteiger partial charge in [0.05, 0.1) is 17.1 Å². The summed E-state index contributed by atoms with van der Waals surface area (Å²) in [5.41, 5.74) is 9.57. The molecule has 0 radical (unpaired) electrons. The van der Waals surface area contributed by atoms with Crippen LogP contribution in [0.15, 0.2) is 24.3 Å². The molecule has 2 aromatic heterocycles. The van der Waals surface area contributed by atoms with Crippen LogP contribution < -0.4 is 11.1 Å². The van der Waals surface area contributed by atoms with Crippen LogP contribution in [-0.2, 0) is 11.3 Å². The topological polar surface area (TPSA) is 95.1 Å². The number of rotatable bonds is 9. The van der Waals surface area contributed by atoms with Crippen LogP contribution in [0.5, 0.6) is 0 Å². The fourth-order valence-electron chi connectivity index (χ4n) is 3.16. The monoisotopic (exact) mass is 383 g/mol. The number of nitrogens with two attached hydrogens (primary N) is 1. The van der Waals surface area contributed by atoms with Crippen LogP contribution in [0.25, 0.3) is 22.2 Å². The van der Waals surface area contributed by atoms with Gasteiger partial charge in [-0.1, -0.05) is 25.5 Å². The smallest absolute Gasteiger partial charge is 0.257 e. The van der Waals surface area contributed by atoms with Crippen LogP contribution >= 0.6 is 0 Å². The molecule has 28 heavy (non-hydrogen) atoms. The van der Waals surface area contributed by atoms with Crippen LogP contribution in [0.4, 0.5) is 5.82 Å². The van der Waals surface area contributed by atoms with E-state index in [-0.39, 0.29) is 12.0 Å². The van der Waals surface area contributed by atoms with Crippen molar-refractivity contribution in [1.82, 2.24) is 19.9 Å². The van der Waals surface area contributed by atoms with Crippen LogP contribution in [0.2, 0.25) is 0 Å². The Kier molecular flexibility index (Phi) is 6.46. The Labute approximate surface area is 165 Å². The average Bonchev–Trinajstić information content (AvgIpc) is 2.94. The highest BCUT2D eigenvalue weighted by Crippen LogP contribution is 2.28. The van der Waals surface area contributed by atoms with Gasteiger partial charge in [0.1, 0.15) is 16.9 Å². The van der Waals surface area contributed by atoms with Crippen molar-refractivity contribution in [3.8, 4) is 0 Å². The summed E-state index contributed by atoms with van der Waals surface area (Å²) in [5.74, 6) is 0.210. The first kappa shape index (κ1) is 20.1. The summed E-state index contributed by atoms with van der Waals surface area (Å²) in [6.45, 7) is 7.95. The molecule has 7 heteroatoms. The number of benzene rings is 1. The maximum Gasteiger partial charge on any atom is 0.257 e. The fourth-order valence-corrected chi connectivity index (χ4v) is 3.16. The van der Waals surface area contributed by atoms with Gasteiger partial charge in [0.2, 0.25) is 0 Å². The molecule has 0 atom stereocenters. The minimum absolute atomic E-state index is 0.187. The number of amides is 1. The molecule has 0 fully saturated rings. The lowest BCUT2D eigenvalue weighted by atomic mass is 10.2. The third-order valence-corrected chi connectivity index (χ3v) is 4.61. The van der Waals surface area contributed by atoms with E-state index in [1.807, 2.05) is 42.7 Å². The Morgan fingerprint density at radius 1 is 1.21 bits per heavy atom. The molecule has 3 aromatic rings. The number of ether oxygens (including phenoxy) is 1. The maximum atomic E-state index is 12.9. The van der Waals surface area contributed by atoms with Gasteiger partial charge in [0.25, 0.3) is 5.91 Å². The molecule has 1 aromatic carbocycles. The van der Waals surface area contributed by atoms with Crippen molar-refractivity contribution in [2.75, 3.05) is 18.9 Å². The second-order valence-corrected chi connectivity index (χ2v) is 7.18. The Hall–Kier alpha value is -2.67. The highest BCUT2D eigenvalue weighted by atomic mass is 16.5. The minimum Gasteiger partial charge on any atom is -0.384 e. The zero-order chi connectivity index (χ0) is 20.1. The van der Waals surface area contributed by atoms with Crippen LogP contribution in [0.3, 0.4) is 0 Å². The number of carbonyl (C=O) groups is 1. The largest absolute Gasteiger partial charge is 0.384 e. The summed E-state index contributed by atoms with van der Waals surface area (Å²) in [4.78, 5) is 22.3. The summed E-state index contributed by atoms with van der Waals surface area (Å²) >= 11 is 0. The number of aromatic nitrogens is 3. The number of para-hydroxylation sites is 2. The van der Waals surface area contributed by atoms with Crippen molar-refractivity contribution >= 4 is 33.9 Å². The van der Waals surface area contributed by atoms with Gasteiger partial charge in [0.15, 0.2) is 5.65 Å². The molecule has 0 aliphatic carbocycles. The van der Waals surface area contributed by atoms with E-state index >= 15 is 0 Å². The molecule has 0 saturated carbocycles. The van der Waals surface area contributed by atoms with Gasteiger partial charge in [-0.05, 0) is 38.8 Å². The van der Waals surface area contributed by atoms with Crippen LogP contribution in [0.1, 0.15) is 50.4 Å². The Morgan fingerprint density at radius 3 is 2.61 bits per heavy atom. The molecule has 0 unspecified atom stereocenters. The Balaban J connectivity index is 1.92. The number of anilines is 1. The summed E-state index contributed by atoms with van der Waals surface area (Å²) in [6.07, 6.45) is 2.91. The SMILES string of the molecule is CCCCn1c(N)c(C(=O)NCCCOC(C)C)c2nc3ccccc3nc21. The normalized spacial score (nSPS) is 11.6. The van der Waals surface area contributed by atoms with E-state index in [9.17, 15) is 4.79 Å². The summed E-state index contributed by atoms with van der Waals surface area (Å²) < 4.78 is 7.43. The maximum absolute atomic E-state index is 12.9. The van der Waals surface area contributed by atoms with E-state index in [4.69, 9.17) is 20.4 Å². The van der Waals surface area contributed by atoms with Gasteiger partial charge >= 0.3 is 0 Å². The van der Waals surface area contributed by atoms with E-state index in [0.29, 0.717) is 42.2 Å². The van der Waals surface area contributed by atoms with Gasteiger partial charge in [-0.15, -0.1) is 0 Å². The van der Waals surface area contributed by atoms with Gasteiger partial charge in [0, 0.05) is 19.7 Å². The molecular weight excluding hydrogens is 354 g/mol. The summed E-state index contributed by atoms with van der Waals surface area (Å²) in [7, 11) is 0. The predicted molar refractivity (Wildman–Crippen MR) is 112 cm³/mol. The lowest BCUT2D eigenvalue weighted by Gasteiger charge is -2.09. The second kappa shape index (κ2) is 9.01. The number of aryl methyl sites for hydroxylation is 1. The number of nitrogens with zero attached hydrogens (tertiary/aromatic N) is 3. The highest BCUT2D eigenvalue weighted by Gasteiger charge is 2.23. The number of carbonyl (C=O) groups excluding carboxylic acids is 1. The fraction of sp³-hybridized carbons (Fsp3) is 0.476. The van der Waals surface area contributed by atoms with Crippen molar-refractivity contribution in [3.05, 3.63) is 29.8 Å². The number of fused-ring (bicyclic) bond motifs is 2. The first-order chi connectivity index (χ1) is 13.5. The predicted octanol–water partition coefficient (Wildman–Crippen LogP) is 3.51. The van der Waals surface area contributed by atoms with E-state index < -0.39 is 0 Å². The van der Waals surface area contributed by atoms with E-state index in [1.54, 1.807) is 0 Å².